The molecule has 114 valence electrons. The van der Waals surface area contributed by atoms with Gasteiger partial charge in [-0.05, 0) is 24.1 Å². The van der Waals surface area contributed by atoms with E-state index in [4.69, 9.17) is 0 Å². The van der Waals surface area contributed by atoms with Gasteiger partial charge in [0.1, 0.15) is 5.01 Å². The van der Waals surface area contributed by atoms with E-state index in [2.05, 4.69) is 4.98 Å². The van der Waals surface area contributed by atoms with Gasteiger partial charge in [0.15, 0.2) is 23.3 Å². The molecule has 3 aromatic rings. The number of rotatable bonds is 2. The van der Waals surface area contributed by atoms with Crippen molar-refractivity contribution in [3.05, 3.63) is 52.8 Å². The van der Waals surface area contributed by atoms with Crippen molar-refractivity contribution in [2.45, 2.75) is 13.3 Å². The zero-order chi connectivity index (χ0) is 16.0. The van der Waals surface area contributed by atoms with E-state index >= 15 is 0 Å². The molecule has 22 heavy (non-hydrogen) atoms. The highest BCUT2D eigenvalue weighted by atomic mass is 32.1. The molecule has 1 nitrogen and oxygen atoms in total. The van der Waals surface area contributed by atoms with Gasteiger partial charge in [0.25, 0.3) is 0 Å². The first kappa shape index (κ1) is 14.9. The minimum absolute atomic E-state index is 0.240. The number of fused-ring (bicyclic) bond motifs is 1. The van der Waals surface area contributed by atoms with E-state index in [-0.39, 0.29) is 5.01 Å². The smallest absolute Gasteiger partial charge is 0.200 e. The van der Waals surface area contributed by atoms with Crippen LogP contribution in [0.4, 0.5) is 22.0 Å². The summed E-state index contributed by atoms with van der Waals surface area (Å²) < 4.78 is 67.9. The fourth-order valence-electron chi connectivity index (χ4n) is 2.09. The molecule has 3 rings (SSSR count). The van der Waals surface area contributed by atoms with Crippen LogP contribution in [0.1, 0.15) is 12.5 Å². The average molecular weight is 329 g/mol. The summed E-state index contributed by atoms with van der Waals surface area (Å²) in [7, 11) is 0. The third-order valence-corrected chi connectivity index (χ3v) is 4.32. The Kier molecular flexibility index (Phi) is 3.60. The Bertz CT molecular complexity index is 858. The lowest BCUT2D eigenvalue weighted by atomic mass is 10.1. The Morgan fingerprint density at radius 1 is 0.909 bits per heavy atom. The van der Waals surface area contributed by atoms with Gasteiger partial charge in [-0.3, -0.25) is 0 Å². The molecule has 0 radical (unpaired) electrons. The second-order valence-electron chi connectivity index (χ2n) is 4.62. The molecular formula is C15H8F5NS. The Morgan fingerprint density at radius 2 is 1.50 bits per heavy atom. The van der Waals surface area contributed by atoms with E-state index in [1.807, 2.05) is 6.92 Å². The minimum atomic E-state index is -2.17. The number of aromatic nitrogens is 1. The van der Waals surface area contributed by atoms with Crippen LogP contribution in [0.2, 0.25) is 0 Å². The van der Waals surface area contributed by atoms with Crippen LogP contribution in [-0.2, 0) is 6.42 Å². The fourth-order valence-corrected chi connectivity index (χ4v) is 3.15. The Morgan fingerprint density at radius 3 is 2.09 bits per heavy atom. The molecule has 0 fully saturated rings. The molecule has 0 N–H and O–H groups in total. The number of nitrogens with zero attached hydrogens (tertiary/aromatic N) is 1. The maximum atomic E-state index is 13.8. The van der Waals surface area contributed by atoms with Gasteiger partial charge in [-0.2, -0.15) is 0 Å². The van der Waals surface area contributed by atoms with Crippen molar-refractivity contribution >= 4 is 21.6 Å². The highest BCUT2D eigenvalue weighted by molar-refractivity contribution is 7.21. The number of hydrogen-bond donors (Lipinski definition) is 0. The lowest BCUT2D eigenvalue weighted by molar-refractivity contribution is 0.381. The highest BCUT2D eigenvalue weighted by Crippen LogP contribution is 2.36. The fraction of sp³-hybridized carbons (Fsp3) is 0.133. The van der Waals surface area contributed by atoms with Crippen LogP contribution in [-0.4, -0.2) is 4.98 Å². The quantitative estimate of drug-likeness (QED) is 0.357. The molecule has 0 atom stereocenters. The van der Waals surface area contributed by atoms with Gasteiger partial charge in [-0.1, -0.05) is 13.0 Å². The predicted octanol–water partition coefficient (Wildman–Crippen LogP) is 5.22. The van der Waals surface area contributed by atoms with Crippen molar-refractivity contribution in [2.75, 3.05) is 0 Å². The summed E-state index contributed by atoms with van der Waals surface area (Å²) in [5.41, 5.74) is 0.442. The first-order chi connectivity index (χ1) is 10.4. The molecule has 0 spiro atoms. The Balaban J connectivity index is 2.28. The van der Waals surface area contributed by atoms with Gasteiger partial charge in [0.2, 0.25) is 5.82 Å². The van der Waals surface area contributed by atoms with Crippen molar-refractivity contribution in [3.63, 3.8) is 0 Å². The van der Waals surface area contributed by atoms with Crippen LogP contribution in [0, 0.1) is 29.1 Å². The maximum Gasteiger partial charge on any atom is 0.200 e. The van der Waals surface area contributed by atoms with Crippen molar-refractivity contribution in [1.82, 2.24) is 4.98 Å². The Labute approximate surface area is 126 Å². The predicted molar refractivity (Wildman–Crippen MR) is 74.2 cm³/mol. The summed E-state index contributed by atoms with van der Waals surface area (Å²) in [6.07, 6.45) is 0.756. The van der Waals surface area contributed by atoms with Gasteiger partial charge in [0, 0.05) is 0 Å². The van der Waals surface area contributed by atoms with Crippen molar-refractivity contribution in [1.29, 1.82) is 0 Å². The number of thiazole rings is 1. The van der Waals surface area contributed by atoms with E-state index in [9.17, 15) is 22.0 Å². The van der Waals surface area contributed by atoms with E-state index in [0.29, 0.717) is 10.2 Å². The zero-order valence-electron chi connectivity index (χ0n) is 11.2. The molecule has 0 saturated carbocycles. The van der Waals surface area contributed by atoms with E-state index < -0.39 is 34.6 Å². The third-order valence-electron chi connectivity index (χ3n) is 3.28. The molecule has 0 amide bonds. The monoisotopic (exact) mass is 329 g/mol. The molecule has 7 heteroatoms. The van der Waals surface area contributed by atoms with Gasteiger partial charge >= 0.3 is 0 Å². The number of aryl methyl sites for hydroxylation is 1. The number of hydrogen-bond acceptors (Lipinski definition) is 2. The standard InChI is InChI=1S/C15H8F5NS/c1-2-6-3-4-7-8(5-6)22-15(21-7)9-10(16)12(18)14(20)13(19)11(9)17/h3-5H,2H2,1H3. The molecule has 2 aromatic carbocycles. The summed E-state index contributed by atoms with van der Waals surface area (Å²) in [6, 6.07) is 5.23. The molecule has 0 unspecified atom stereocenters. The second kappa shape index (κ2) is 5.31. The van der Waals surface area contributed by atoms with Gasteiger partial charge in [-0.15, -0.1) is 11.3 Å². The van der Waals surface area contributed by atoms with Gasteiger partial charge in [0.05, 0.1) is 15.8 Å². The Hall–Kier alpha value is -2.02. The number of benzene rings is 2. The normalized spacial score (nSPS) is 11.4. The summed E-state index contributed by atoms with van der Waals surface area (Å²) in [5.74, 6) is -9.85. The average Bonchev–Trinajstić information content (AvgIpc) is 2.93. The van der Waals surface area contributed by atoms with Crippen molar-refractivity contribution in [3.8, 4) is 10.6 Å². The summed E-state index contributed by atoms with van der Waals surface area (Å²) in [5, 5.41) is -0.240. The summed E-state index contributed by atoms with van der Waals surface area (Å²) in [6.45, 7) is 1.94. The lowest BCUT2D eigenvalue weighted by Crippen LogP contribution is -2.03. The SMILES string of the molecule is CCc1ccc2nc(-c3c(F)c(F)c(F)c(F)c3F)sc2c1. The largest absolute Gasteiger partial charge is 0.236 e. The van der Waals surface area contributed by atoms with E-state index in [1.54, 1.807) is 18.2 Å². The van der Waals surface area contributed by atoms with Crippen LogP contribution in [0.5, 0.6) is 0 Å². The lowest BCUT2D eigenvalue weighted by Gasteiger charge is -2.05. The van der Waals surface area contributed by atoms with Gasteiger partial charge in [-0.25, -0.2) is 26.9 Å². The first-order valence-corrected chi connectivity index (χ1v) is 7.17. The molecule has 0 aliphatic heterocycles. The molecule has 0 bridgehead atoms. The maximum absolute atomic E-state index is 13.8. The van der Waals surface area contributed by atoms with Crippen LogP contribution in [0.3, 0.4) is 0 Å². The summed E-state index contributed by atoms with van der Waals surface area (Å²) in [4.78, 5) is 3.97. The van der Waals surface area contributed by atoms with Crippen LogP contribution >= 0.6 is 11.3 Å². The molecule has 1 aromatic heterocycles. The highest BCUT2D eigenvalue weighted by Gasteiger charge is 2.28. The van der Waals surface area contributed by atoms with Crippen LogP contribution in [0.15, 0.2) is 18.2 Å². The zero-order valence-corrected chi connectivity index (χ0v) is 12.0. The van der Waals surface area contributed by atoms with Crippen molar-refractivity contribution < 1.29 is 22.0 Å². The molecule has 0 saturated heterocycles. The number of halogens is 5. The topological polar surface area (TPSA) is 12.9 Å². The molecule has 0 aliphatic carbocycles. The van der Waals surface area contributed by atoms with E-state index in [0.717, 1.165) is 23.3 Å². The molecule has 0 aliphatic rings. The van der Waals surface area contributed by atoms with Crippen LogP contribution in [0.25, 0.3) is 20.8 Å². The third kappa shape index (κ3) is 2.16. The molecule has 1 heterocycles. The summed E-state index contributed by atoms with van der Waals surface area (Å²) >= 11 is 0.885. The first-order valence-electron chi connectivity index (χ1n) is 6.35. The second-order valence-corrected chi connectivity index (χ2v) is 5.65. The van der Waals surface area contributed by atoms with Crippen LogP contribution < -0.4 is 0 Å². The molecular weight excluding hydrogens is 321 g/mol. The van der Waals surface area contributed by atoms with Gasteiger partial charge < -0.3 is 0 Å². The minimum Gasteiger partial charge on any atom is -0.236 e. The van der Waals surface area contributed by atoms with E-state index in [1.165, 1.54) is 0 Å². The van der Waals surface area contributed by atoms with Crippen molar-refractivity contribution in [2.24, 2.45) is 0 Å².